The molecule has 2 N–H and O–H groups in total. The number of rotatable bonds is 2. The van der Waals surface area contributed by atoms with Crippen LogP contribution in [0, 0.1) is 0 Å². The van der Waals surface area contributed by atoms with Crippen LogP contribution in [-0.4, -0.2) is 12.1 Å². The van der Waals surface area contributed by atoms with Gasteiger partial charge in [0.2, 0.25) is 0 Å². The van der Waals surface area contributed by atoms with Gasteiger partial charge in [0.25, 0.3) is 0 Å². The molecule has 0 atom stereocenters. The third-order valence-corrected chi connectivity index (χ3v) is 2.78. The molecule has 0 saturated heterocycles. The summed E-state index contributed by atoms with van der Waals surface area (Å²) in [7, 11) is 1.68. The van der Waals surface area contributed by atoms with E-state index in [1.165, 1.54) is 5.56 Å². The average Bonchev–Trinajstić information content (AvgIpc) is 2.28. The lowest BCUT2D eigenvalue weighted by Gasteiger charge is -2.13. The van der Waals surface area contributed by atoms with Gasteiger partial charge >= 0.3 is 0 Å². The molecule has 3 nitrogen and oxygen atoms in total. The van der Waals surface area contributed by atoms with Crippen LogP contribution in [0.4, 0.5) is 5.82 Å². The summed E-state index contributed by atoms with van der Waals surface area (Å²) in [5.41, 5.74) is 7.05. The lowest BCUT2D eigenvalue weighted by Crippen LogP contribution is -1.99. The predicted octanol–water partition coefficient (Wildman–Crippen LogP) is 2.95. The van der Waals surface area contributed by atoms with Crippen molar-refractivity contribution in [2.75, 3.05) is 12.8 Å². The van der Waals surface area contributed by atoms with Gasteiger partial charge in [0.15, 0.2) is 0 Å². The number of aromatic nitrogens is 1. The van der Waals surface area contributed by atoms with Crippen molar-refractivity contribution < 1.29 is 4.74 Å². The van der Waals surface area contributed by atoms with E-state index in [9.17, 15) is 0 Å². The van der Waals surface area contributed by atoms with E-state index in [4.69, 9.17) is 10.5 Å². The van der Waals surface area contributed by atoms with Gasteiger partial charge in [-0.15, -0.1) is 0 Å². The molecule has 0 aliphatic rings. The van der Waals surface area contributed by atoms with Crippen molar-refractivity contribution in [3.63, 3.8) is 0 Å². The number of ether oxygens (including phenoxy) is 1. The van der Waals surface area contributed by atoms with Crippen LogP contribution in [-0.2, 0) is 0 Å². The summed E-state index contributed by atoms with van der Waals surface area (Å²) in [5, 5.41) is 2.04. The fraction of sp³-hybridized carbons (Fsp3) is 0.308. The molecule has 1 heterocycles. The van der Waals surface area contributed by atoms with Crippen LogP contribution in [0.15, 0.2) is 24.4 Å². The number of nitrogens with zero attached hydrogens (tertiary/aromatic N) is 1. The highest BCUT2D eigenvalue weighted by atomic mass is 16.5. The normalized spacial score (nSPS) is 11.0. The Labute approximate surface area is 95.2 Å². The molecule has 84 valence electrons. The van der Waals surface area contributed by atoms with Crippen LogP contribution in [0.2, 0.25) is 0 Å². The summed E-state index contributed by atoms with van der Waals surface area (Å²) >= 11 is 0. The molecule has 1 aromatic carbocycles. The maximum absolute atomic E-state index is 5.88. The fourth-order valence-corrected chi connectivity index (χ4v) is 1.92. The van der Waals surface area contributed by atoms with Crippen LogP contribution in [0.1, 0.15) is 25.3 Å². The summed E-state index contributed by atoms with van der Waals surface area (Å²) in [4.78, 5) is 4.23. The maximum atomic E-state index is 5.88. The van der Waals surface area contributed by atoms with Gasteiger partial charge in [-0.2, -0.15) is 0 Å². The molecule has 0 fully saturated rings. The van der Waals surface area contributed by atoms with Crippen molar-refractivity contribution >= 4 is 16.6 Å². The number of nitrogens with two attached hydrogens (primary N) is 1. The van der Waals surface area contributed by atoms with E-state index in [1.54, 1.807) is 7.11 Å². The molecule has 2 rings (SSSR count). The number of nitrogen functional groups attached to an aromatic ring is 1. The van der Waals surface area contributed by atoms with E-state index in [2.05, 4.69) is 18.8 Å². The standard InChI is InChI=1S/C13H16N2O/c1-8(2)10-7-15-13(14)9-5-4-6-11(16-3)12(9)10/h4-8H,1-3H3,(H2,14,15). The molecule has 0 saturated carbocycles. The summed E-state index contributed by atoms with van der Waals surface area (Å²) in [6, 6.07) is 5.86. The molecule has 1 aromatic heterocycles. The predicted molar refractivity (Wildman–Crippen MR) is 66.8 cm³/mol. The largest absolute Gasteiger partial charge is 0.496 e. The number of benzene rings is 1. The third kappa shape index (κ3) is 1.58. The molecule has 0 aliphatic heterocycles. The van der Waals surface area contributed by atoms with Gasteiger partial charge in [0.1, 0.15) is 11.6 Å². The zero-order valence-corrected chi connectivity index (χ0v) is 9.82. The highest BCUT2D eigenvalue weighted by molar-refractivity contribution is 5.97. The van der Waals surface area contributed by atoms with E-state index in [0.717, 1.165) is 16.5 Å². The first-order chi connectivity index (χ1) is 7.65. The number of hydrogen-bond donors (Lipinski definition) is 1. The van der Waals surface area contributed by atoms with E-state index < -0.39 is 0 Å². The minimum atomic E-state index is 0.395. The second-order valence-corrected chi connectivity index (χ2v) is 4.14. The molecular formula is C13H16N2O. The van der Waals surface area contributed by atoms with Crippen molar-refractivity contribution in [1.29, 1.82) is 0 Å². The number of methoxy groups -OCH3 is 1. The molecule has 0 bridgehead atoms. The first kappa shape index (κ1) is 10.7. The van der Waals surface area contributed by atoms with Crippen LogP contribution in [0.5, 0.6) is 5.75 Å². The van der Waals surface area contributed by atoms with Crippen molar-refractivity contribution in [2.45, 2.75) is 19.8 Å². The second-order valence-electron chi connectivity index (χ2n) is 4.14. The Balaban J connectivity index is 2.88. The van der Waals surface area contributed by atoms with Crippen molar-refractivity contribution in [3.8, 4) is 5.75 Å². The SMILES string of the molecule is COc1cccc2c(N)ncc(C(C)C)c12. The zero-order valence-electron chi connectivity index (χ0n) is 9.82. The summed E-state index contributed by atoms with van der Waals surface area (Å²) < 4.78 is 5.39. The summed E-state index contributed by atoms with van der Waals surface area (Å²) in [5.74, 6) is 1.81. The van der Waals surface area contributed by atoms with Gasteiger partial charge in [-0.05, 0) is 17.5 Å². The molecule has 2 aromatic rings. The van der Waals surface area contributed by atoms with Crippen LogP contribution in [0.3, 0.4) is 0 Å². The Morgan fingerprint density at radius 2 is 2.06 bits per heavy atom. The van der Waals surface area contributed by atoms with Crippen molar-refractivity contribution in [2.24, 2.45) is 0 Å². The topological polar surface area (TPSA) is 48.1 Å². The third-order valence-electron chi connectivity index (χ3n) is 2.78. The van der Waals surface area contributed by atoms with Crippen molar-refractivity contribution in [1.82, 2.24) is 4.98 Å². The molecule has 3 heteroatoms. The van der Waals surface area contributed by atoms with Gasteiger partial charge in [-0.3, -0.25) is 0 Å². The quantitative estimate of drug-likeness (QED) is 0.839. The highest BCUT2D eigenvalue weighted by Gasteiger charge is 2.12. The monoisotopic (exact) mass is 216 g/mol. The number of fused-ring (bicyclic) bond motifs is 1. The second kappa shape index (κ2) is 4.00. The lowest BCUT2D eigenvalue weighted by atomic mass is 9.97. The van der Waals surface area contributed by atoms with Crippen LogP contribution >= 0.6 is 0 Å². The Kier molecular flexibility index (Phi) is 2.69. The molecule has 0 radical (unpaired) electrons. The number of anilines is 1. The van der Waals surface area contributed by atoms with Crippen LogP contribution < -0.4 is 10.5 Å². The van der Waals surface area contributed by atoms with Gasteiger partial charge in [0.05, 0.1) is 7.11 Å². The molecule has 0 spiro atoms. The molecule has 0 amide bonds. The first-order valence-corrected chi connectivity index (χ1v) is 5.36. The average molecular weight is 216 g/mol. The smallest absolute Gasteiger partial charge is 0.131 e. The maximum Gasteiger partial charge on any atom is 0.131 e. The molecule has 0 unspecified atom stereocenters. The van der Waals surface area contributed by atoms with E-state index >= 15 is 0 Å². The lowest BCUT2D eigenvalue weighted by molar-refractivity contribution is 0.419. The summed E-state index contributed by atoms with van der Waals surface area (Å²) in [6.07, 6.45) is 1.84. The fourth-order valence-electron chi connectivity index (χ4n) is 1.92. The number of pyridine rings is 1. The Hall–Kier alpha value is -1.77. The van der Waals surface area contributed by atoms with E-state index in [1.807, 2.05) is 24.4 Å². The number of hydrogen-bond acceptors (Lipinski definition) is 3. The Bertz CT molecular complexity index is 521. The molecule has 0 aliphatic carbocycles. The highest BCUT2D eigenvalue weighted by Crippen LogP contribution is 2.34. The zero-order chi connectivity index (χ0) is 11.7. The van der Waals surface area contributed by atoms with Crippen molar-refractivity contribution in [3.05, 3.63) is 30.0 Å². The van der Waals surface area contributed by atoms with Gasteiger partial charge < -0.3 is 10.5 Å². The minimum Gasteiger partial charge on any atom is -0.496 e. The van der Waals surface area contributed by atoms with E-state index in [0.29, 0.717) is 11.7 Å². The van der Waals surface area contributed by atoms with E-state index in [-0.39, 0.29) is 0 Å². The Morgan fingerprint density at radius 3 is 2.69 bits per heavy atom. The molecular weight excluding hydrogens is 200 g/mol. The minimum absolute atomic E-state index is 0.395. The Morgan fingerprint density at radius 1 is 1.31 bits per heavy atom. The molecule has 16 heavy (non-hydrogen) atoms. The van der Waals surface area contributed by atoms with Crippen LogP contribution in [0.25, 0.3) is 10.8 Å². The first-order valence-electron chi connectivity index (χ1n) is 5.36. The van der Waals surface area contributed by atoms with Gasteiger partial charge in [-0.25, -0.2) is 4.98 Å². The van der Waals surface area contributed by atoms with Gasteiger partial charge in [0, 0.05) is 17.0 Å². The summed E-state index contributed by atoms with van der Waals surface area (Å²) in [6.45, 7) is 4.28. The van der Waals surface area contributed by atoms with Gasteiger partial charge in [-0.1, -0.05) is 26.0 Å².